The summed E-state index contributed by atoms with van der Waals surface area (Å²) in [5.74, 6) is 2.49. The fraction of sp³-hybridized carbons (Fsp3) is 0.714. The largest absolute Gasteiger partial charge is 0.370 e. The second-order valence-electron chi connectivity index (χ2n) is 5.32. The van der Waals surface area contributed by atoms with E-state index in [0.29, 0.717) is 12.0 Å². The predicted molar refractivity (Wildman–Crippen MR) is 74.6 cm³/mol. The van der Waals surface area contributed by atoms with E-state index in [-0.39, 0.29) is 0 Å². The third-order valence-electron chi connectivity index (χ3n) is 3.65. The molecule has 1 fully saturated rings. The molecular weight excluding hydrogens is 224 g/mol. The molecule has 1 aliphatic rings. The zero-order chi connectivity index (χ0) is 13.0. The van der Waals surface area contributed by atoms with Crippen molar-refractivity contribution in [2.75, 3.05) is 11.9 Å². The molecule has 1 saturated carbocycles. The van der Waals surface area contributed by atoms with E-state index in [0.717, 1.165) is 36.7 Å². The normalized spacial score (nSPS) is 23.9. The molecule has 0 radical (unpaired) electrons. The van der Waals surface area contributed by atoms with Gasteiger partial charge in [-0.1, -0.05) is 13.3 Å². The average Bonchev–Trinajstić information content (AvgIpc) is 2.36. The molecule has 2 unspecified atom stereocenters. The van der Waals surface area contributed by atoms with Gasteiger partial charge in [0.1, 0.15) is 11.6 Å². The van der Waals surface area contributed by atoms with Gasteiger partial charge >= 0.3 is 0 Å². The highest BCUT2D eigenvalue weighted by Crippen LogP contribution is 2.23. The predicted octanol–water partition coefficient (Wildman–Crippen LogP) is 2.28. The Morgan fingerprint density at radius 1 is 1.39 bits per heavy atom. The topological polar surface area (TPSA) is 63.8 Å². The molecule has 1 aliphatic carbocycles. The number of nitrogens with zero attached hydrogens (tertiary/aromatic N) is 2. The van der Waals surface area contributed by atoms with Crippen molar-refractivity contribution < 1.29 is 0 Å². The number of rotatable bonds is 4. The summed E-state index contributed by atoms with van der Waals surface area (Å²) in [4.78, 5) is 8.82. The van der Waals surface area contributed by atoms with Crippen LogP contribution >= 0.6 is 0 Å². The first-order chi connectivity index (χ1) is 8.67. The van der Waals surface area contributed by atoms with Gasteiger partial charge in [0.05, 0.1) is 0 Å². The maximum Gasteiger partial charge on any atom is 0.129 e. The maximum absolute atomic E-state index is 6.01. The van der Waals surface area contributed by atoms with Gasteiger partial charge in [-0.05, 0) is 38.5 Å². The minimum absolute atomic E-state index is 0.392. The van der Waals surface area contributed by atoms with Crippen LogP contribution in [0.25, 0.3) is 0 Å². The SMILES string of the molecule is CCc1cc(NCC2CCCC(N)C2)nc(C)n1. The molecule has 18 heavy (non-hydrogen) atoms. The van der Waals surface area contributed by atoms with E-state index in [9.17, 15) is 0 Å². The lowest BCUT2D eigenvalue weighted by Gasteiger charge is -2.26. The van der Waals surface area contributed by atoms with Crippen LogP contribution in [0.5, 0.6) is 0 Å². The van der Waals surface area contributed by atoms with Gasteiger partial charge in [-0.3, -0.25) is 0 Å². The van der Waals surface area contributed by atoms with Crippen molar-refractivity contribution in [2.24, 2.45) is 11.7 Å². The summed E-state index contributed by atoms with van der Waals surface area (Å²) in [6, 6.07) is 2.44. The lowest BCUT2D eigenvalue weighted by Crippen LogP contribution is -2.31. The van der Waals surface area contributed by atoms with Crippen molar-refractivity contribution in [1.82, 2.24) is 9.97 Å². The molecule has 1 aromatic heterocycles. The molecule has 0 bridgehead atoms. The number of aromatic nitrogens is 2. The highest BCUT2D eigenvalue weighted by Gasteiger charge is 2.18. The number of nitrogens with two attached hydrogens (primary N) is 1. The van der Waals surface area contributed by atoms with Gasteiger partial charge in [0.15, 0.2) is 0 Å². The lowest BCUT2D eigenvalue weighted by molar-refractivity contribution is 0.335. The van der Waals surface area contributed by atoms with E-state index in [2.05, 4.69) is 28.3 Å². The van der Waals surface area contributed by atoms with E-state index in [1.807, 2.05) is 6.92 Å². The van der Waals surface area contributed by atoms with E-state index in [1.165, 1.54) is 19.3 Å². The van der Waals surface area contributed by atoms with E-state index < -0.39 is 0 Å². The van der Waals surface area contributed by atoms with Crippen molar-refractivity contribution in [3.8, 4) is 0 Å². The fourth-order valence-corrected chi connectivity index (χ4v) is 2.67. The molecule has 2 rings (SSSR count). The Bertz CT molecular complexity index is 391. The van der Waals surface area contributed by atoms with Crippen LogP contribution in [0.3, 0.4) is 0 Å². The Balaban J connectivity index is 1.91. The van der Waals surface area contributed by atoms with Crippen LogP contribution in [0, 0.1) is 12.8 Å². The first kappa shape index (κ1) is 13.3. The minimum atomic E-state index is 0.392. The standard InChI is InChI=1S/C14H24N4/c1-3-13-8-14(18-10(2)17-13)16-9-11-5-4-6-12(15)7-11/h8,11-12H,3-7,9,15H2,1-2H3,(H,16,17,18). The molecule has 0 aromatic carbocycles. The molecule has 1 heterocycles. The van der Waals surface area contributed by atoms with Gasteiger partial charge in [0.2, 0.25) is 0 Å². The minimum Gasteiger partial charge on any atom is -0.370 e. The summed E-state index contributed by atoms with van der Waals surface area (Å²) in [5.41, 5.74) is 7.11. The van der Waals surface area contributed by atoms with Crippen LogP contribution < -0.4 is 11.1 Å². The van der Waals surface area contributed by atoms with Gasteiger partial charge in [-0.25, -0.2) is 9.97 Å². The first-order valence-corrected chi connectivity index (χ1v) is 7.01. The molecule has 3 N–H and O–H groups in total. The number of aryl methyl sites for hydroxylation is 2. The van der Waals surface area contributed by atoms with Gasteiger partial charge in [-0.15, -0.1) is 0 Å². The van der Waals surface area contributed by atoms with Gasteiger partial charge in [-0.2, -0.15) is 0 Å². The molecule has 0 saturated heterocycles. The van der Waals surface area contributed by atoms with E-state index in [1.54, 1.807) is 0 Å². The summed E-state index contributed by atoms with van der Waals surface area (Å²) in [6.07, 6.45) is 5.81. The van der Waals surface area contributed by atoms with Gasteiger partial charge < -0.3 is 11.1 Å². The summed E-state index contributed by atoms with van der Waals surface area (Å²) < 4.78 is 0. The highest BCUT2D eigenvalue weighted by atomic mass is 15.0. The molecule has 4 heteroatoms. The number of nitrogens with one attached hydrogen (secondary N) is 1. The Morgan fingerprint density at radius 3 is 2.94 bits per heavy atom. The van der Waals surface area contributed by atoms with Crippen molar-refractivity contribution in [3.63, 3.8) is 0 Å². The van der Waals surface area contributed by atoms with Crippen LogP contribution in [0.4, 0.5) is 5.82 Å². The van der Waals surface area contributed by atoms with Crippen LogP contribution in [0.2, 0.25) is 0 Å². The maximum atomic E-state index is 6.01. The summed E-state index contributed by atoms with van der Waals surface area (Å²) in [7, 11) is 0. The third kappa shape index (κ3) is 3.67. The van der Waals surface area contributed by atoms with Gasteiger partial charge in [0, 0.05) is 24.3 Å². The number of anilines is 1. The quantitative estimate of drug-likeness (QED) is 0.858. The van der Waals surface area contributed by atoms with Gasteiger partial charge in [0.25, 0.3) is 0 Å². The van der Waals surface area contributed by atoms with Crippen LogP contribution in [-0.4, -0.2) is 22.6 Å². The Hall–Kier alpha value is -1.16. The third-order valence-corrected chi connectivity index (χ3v) is 3.65. The van der Waals surface area contributed by atoms with Crippen LogP contribution in [0.1, 0.15) is 44.1 Å². The van der Waals surface area contributed by atoms with Crippen molar-refractivity contribution in [1.29, 1.82) is 0 Å². The van der Waals surface area contributed by atoms with Crippen molar-refractivity contribution in [3.05, 3.63) is 17.6 Å². The Morgan fingerprint density at radius 2 is 2.22 bits per heavy atom. The summed E-state index contributed by atoms with van der Waals surface area (Å²) in [5, 5.41) is 3.44. The van der Waals surface area contributed by atoms with Crippen LogP contribution in [0.15, 0.2) is 6.07 Å². The zero-order valence-electron chi connectivity index (χ0n) is 11.4. The lowest BCUT2D eigenvalue weighted by atomic mass is 9.86. The zero-order valence-corrected chi connectivity index (χ0v) is 11.4. The van der Waals surface area contributed by atoms with E-state index >= 15 is 0 Å². The average molecular weight is 248 g/mol. The Kier molecular flexibility index (Phi) is 4.53. The molecule has 4 nitrogen and oxygen atoms in total. The molecule has 0 amide bonds. The molecule has 100 valence electrons. The van der Waals surface area contributed by atoms with Crippen LogP contribution in [-0.2, 0) is 6.42 Å². The second-order valence-corrected chi connectivity index (χ2v) is 5.32. The monoisotopic (exact) mass is 248 g/mol. The molecular formula is C14H24N4. The van der Waals surface area contributed by atoms with Crippen molar-refractivity contribution >= 4 is 5.82 Å². The number of hydrogen-bond acceptors (Lipinski definition) is 4. The molecule has 0 aliphatic heterocycles. The van der Waals surface area contributed by atoms with Crippen molar-refractivity contribution in [2.45, 2.75) is 52.0 Å². The van der Waals surface area contributed by atoms with E-state index in [4.69, 9.17) is 5.73 Å². The Labute approximate surface area is 109 Å². The first-order valence-electron chi connectivity index (χ1n) is 7.01. The highest BCUT2D eigenvalue weighted by molar-refractivity contribution is 5.36. The summed E-state index contributed by atoms with van der Waals surface area (Å²) in [6.45, 7) is 5.04. The summed E-state index contributed by atoms with van der Waals surface area (Å²) >= 11 is 0. The molecule has 0 spiro atoms. The number of hydrogen-bond donors (Lipinski definition) is 2. The molecule has 2 atom stereocenters. The second kappa shape index (κ2) is 6.14. The smallest absolute Gasteiger partial charge is 0.129 e. The molecule has 1 aromatic rings. The fourth-order valence-electron chi connectivity index (χ4n) is 2.67.